The molecule has 1 aromatic carbocycles. The number of rotatable bonds is 4. The Balaban J connectivity index is 2.41. The highest BCUT2D eigenvalue weighted by Crippen LogP contribution is 2.31. The zero-order valence-corrected chi connectivity index (χ0v) is 12.3. The molecule has 20 heavy (non-hydrogen) atoms. The predicted molar refractivity (Wildman–Crippen MR) is 75.7 cm³/mol. The normalized spacial score (nSPS) is 12.1. The molecule has 106 valence electrons. The van der Waals surface area contributed by atoms with Crippen molar-refractivity contribution in [1.29, 1.82) is 0 Å². The van der Waals surface area contributed by atoms with Gasteiger partial charge in [0.2, 0.25) is 11.8 Å². The number of methoxy groups -OCH3 is 2. The Labute approximate surface area is 126 Å². The molecule has 0 aliphatic carbocycles. The molecule has 0 saturated carbocycles. The van der Waals surface area contributed by atoms with Crippen LogP contribution in [0.3, 0.4) is 0 Å². The minimum atomic E-state index is -1.03. The Hall–Kier alpha value is -1.56. The first-order chi connectivity index (χ1) is 9.56. The summed E-state index contributed by atoms with van der Waals surface area (Å²) in [6, 6.07) is 4.83. The molecule has 1 atom stereocenters. The van der Waals surface area contributed by atoms with Crippen molar-refractivity contribution in [3.05, 3.63) is 45.7 Å². The van der Waals surface area contributed by atoms with Crippen LogP contribution in [-0.4, -0.2) is 29.3 Å². The number of nitrogens with zero attached hydrogens (tertiary/aromatic N) is 2. The lowest BCUT2D eigenvalue weighted by Crippen LogP contribution is -2.07. The summed E-state index contributed by atoms with van der Waals surface area (Å²) in [6.45, 7) is 0. The van der Waals surface area contributed by atoms with E-state index in [0.717, 1.165) is 0 Å². The zero-order valence-electron chi connectivity index (χ0n) is 10.8. The lowest BCUT2D eigenvalue weighted by atomic mass is 10.1. The Kier molecular flexibility index (Phi) is 4.65. The highest BCUT2D eigenvalue weighted by molar-refractivity contribution is 6.42. The fourth-order valence-corrected chi connectivity index (χ4v) is 1.95. The fourth-order valence-electron chi connectivity index (χ4n) is 1.64. The molecule has 2 aromatic rings. The van der Waals surface area contributed by atoms with E-state index in [1.165, 1.54) is 20.4 Å². The minimum absolute atomic E-state index is 0.183. The van der Waals surface area contributed by atoms with E-state index in [1.807, 2.05) is 0 Å². The van der Waals surface area contributed by atoms with E-state index in [4.69, 9.17) is 32.7 Å². The van der Waals surface area contributed by atoms with E-state index < -0.39 is 6.10 Å². The summed E-state index contributed by atoms with van der Waals surface area (Å²) < 4.78 is 10.1. The van der Waals surface area contributed by atoms with Gasteiger partial charge >= 0.3 is 0 Å². The van der Waals surface area contributed by atoms with Crippen molar-refractivity contribution in [2.75, 3.05) is 14.2 Å². The maximum atomic E-state index is 10.4. The van der Waals surface area contributed by atoms with Gasteiger partial charge in [0.05, 0.1) is 30.5 Å². The average molecular weight is 315 g/mol. The minimum Gasteiger partial charge on any atom is -0.480 e. The molecule has 1 N–H and O–H groups in total. The van der Waals surface area contributed by atoms with Crippen LogP contribution in [0.15, 0.2) is 24.4 Å². The lowest BCUT2D eigenvalue weighted by molar-refractivity contribution is 0.206. The number of aromatic nitrogens is 2. The van der Waals surface area contributed by atoms with Crippen molar-refractivity contribution < 1.29 is 14.6 Å². The molecule has 7 heteroatoms. The first-order valence-corrected chi connectivity index (χ1v) is 6.40. The Morgan fingerprint density at radius 1 is 1.15 bits per heavy atom. The largest absolute Gasteiger partial charge is 0.480 e. The summed E-state index contributed by atoms with van der Waals surface area (Å²) in [5.74, 6) is 0.481. The van der Waals surface area contributed by atoms with Crippen LogP contribution < -0.4 is 9.47 Å². The molecule has 0 aliphatic heterocycles. The molecule has 0 bridgehead atoms. The second-order valence-electron chi connectivity index (χ2n) is 3.88. The topological polar surface area (TPSA) is 64.5 Å². The van der Waals surface area contributed by atoms with Crippen molar-refractivity contribution in [2.45, 2.75) is 6.10 Å². The first-order valence-electron chi connectivity index (χ1n) is 5.64. The molecule has 0 amide bonds. The average Bonchev–Trinajstić information content (AvgIpc) is 2.48. The second-order valence-corrected chi connectivity index (χ2v) is 4.70. The summed E-state index contributed by atoms with van der Waals surface area (Å²) in [7, 11) is 2.91. The molecule has 5 nitrogen and oxygen atoms in total. The van der Waals surface area contributed by atoms with Crippen molar-refractivity contribution >= 4 is 23.2 Å². The molecule has 1 heterocycles. The van der Waals surface area contributed by atoms with Crippen molar-refractivity contribution in [3.8, 4) is 11.8 Å². The highest BCUT2D eigenvalue weighted by atomic mass is 35.5. The maximum Gasteiger partial charge on any atom is 0.241 e. The molecule has 2 rings (SSSR count). The van der Waals surface area contributed by atoms with E-state index in [0.29, 0.717) is 21.5 Å². The summed E-state index contributed by atoms with van der Waals surface area (Å²) in [4.78, 5) is 8.18. The second kappa shape index (κ2) is 6.26. The van der Waals surface area contributed by atoms with Gasteiger partial charge in [0.15, 0.2) is 0 Å². The van der Waals surface area contributed by atoms with Crippen LogP contribution in [-0.2, 0) is 0 Å². The molecule has 0 radical (unpaired) electrons. The third-order valence-electron chi connectivity index (χ3n) is 2.67. The lowest BCUT2D eigenvalue weighted by Gasteiger charge is -2.14. The molecule has 0 spiro atoms. The van der Waals surface area contributed by atoms with Crippen molar-refractivity contribution in [3.63, 3.8) is 0 Å². The summed E-state index contributed by atoms with van der Waals surface area (Å²) >= 11 is 11.8. The molecule has 0 saturated heterocycles. The van der Waals surface area contributed by atoms with E-state index in [9.17, 15) is 5.11 Å². The van der Waals surface area contributed by atoms with E-state index in [2.05, 4.69) is 9.97 Å². The molecular formula is C13H12Cl2N2O3. The van der Waals surface area contributed by atoms with Crippen LogP contribution in [0.1, 0.15) is 17.4 Å². The Morgan fingerprint density at radius 2 is 1.90 bits per heavy atom. The van der Waals surface area contributed by atoms with Gasteiger partial charge in [-0.05, 0) is 17.7 Å². The van der Waals surface area contributed by atoms with Crippen LogP contribution in [0.2, 0.25) is 10.0 Å². The highest BCUT2D eigenvalue weighted by Gasteiger charge is 2.20. The van der Waals surface area contributed by atoms with Gasteiger partial charge in [-0.2, -0.15) is 4.98 Å². The van der Waals surface area contributed by atoms with Crippen molar-refractivity contribution in [2.24, 2.45) is 0 Å². The fraction of sp³-hybridized carbons (Fsp3) is 0.231. The molecule has 0 aliphatic rings. The van der Waals surface area contributed by atoms with Gasteiger partial charge in [-0.3, -0.25) is 0 Å². The van der Waals surface area contributed by atoms with Crippen LogP contribution in [0.5, 0.6) is 11.8 Å². The predicted octanol–water partition coefficient (Wildman–Crippen LogP) is 2.88. The van der Waals surface area contributed by atoms with Crippen LogP contribution in [0, 0.1) is 0 Å². The van der Waals surface area contributed by atoms with E-state index in [-0.39, 0.29) is 11.6 Å². The third kappa shape index (κ3) is 2.95. The number of hydrogen-bond donors (Lipinski definition) is 1. The van der Waals surface area contributed by atoms with Gasteiger partial charge in [0.1, 0.15) is 11.8 Å². The SMILES string of the molecule is COc1cnc(C(O)c2ccc(Cl)c(Cl)c2)c(OC)n1. The van der Waals surface area contributed by atoms with Crippen LogP contribution in [0.25, 0.3) is 0 Å². The number of benzene rings is 1. The third-order valence-corrected chi connectivity index (χ3v) is 3.40. The van der Waals surface area contributed by atoms with Gasteiger partial charge in [-0.1, -0.05) is 29.3 Å². The van der Waals surface area contributed by atoms with E-state index >= 15 is 0 Å². The van der Waals surface area contributed by atoms with Crippen LogP contribution >= 0.6 is 23.2 Å². The summed E-state index contributed by atoms with van der Waals surface area (Å²) in [6.07, 6.45) is 0.372. The summed E-state index contributed by atoms with van der Waals surface area (Å²) in [5, 5.41) is 11.1. The van der Waals surface area contributed by atoms with Gasteiger partial charge in [0, 0.05) is 0 Å². The van der Waals surface area contributed by atoms with Gasteiger partial charge < -0.3 is 14.6 Å². The van der Waals surface area contributed by atoms with Crippen molar-refractivity contribution in [1.82, 2.24) is 9.97 Å². The zero-order chi connectivity index (χ0) is 14.7. The van der Waals surface area contributed by atoms with Crippen LogP contribution in [0.4, 0.5) is 0 Å². The summed E-state index contributed by atoms with van der Waals surface area (Å²) in [5.41, 5.74) is 0.809. The number of aliphatic hydroxyl groups is 1. The number of halogens is 2. The monoisotopic (exact) mass is 314 g/mol. The smallest absolute Gasteiger partial charge is 0.241 e. The molecule has 1 unspecified atom stereocenters. The van der Waals surface area contributed by atoms with Gasteiger partial charge in [0.25, 0.3) is 0 Å². The standard InChI is InChI=1S/C13H12Cl2N2O3/c1-19-10-6-16-11(13(17-10)20-2)12(18)7-3-4-8(14)9(15)5-7/h3-6,12,18H,1-2H3. The Bertz CT molecular complexity index is 623. The number of aliphatic hydroxyl groups excluding tert-OH is 1. The number of ether oxygens (including phenoxy) is 2. The van der Waals surface area contributed by atoms with Gasteiger partial charge in [-0.25, -0.2) is 4.98 Å². The quantitative estimate of drug-likeness (QED) is 0.940. The number of hydrogen-bond acceptors (Lipinski definition) is 5. The maximum absolute atomic E-state index is 10.4. The van der Waals surface area contributed by atoms with E-state index in [1.54, 1.807) is 18.2 Å². The molecule has 0 fully saturated rings. The Morgan fingerprint density at radius 3 is 2.50 bits per heavy atom. The molecular weight excluding hydrogens is 303 g/mol. The first kappa shape index (κ1) is 14.8. The van der Waals surface area contributed by atoms with Gasteiger partial charge in [-0.15, -0.1) is 0 Å². The molecule has 1 aromatic heterocycles.